The Morgan fingerprint density at radius 1 is 1.67 bits per heavy atom. The second kappa shape index (κ2) is 2.58. The number of aromatic nitrogens is 1. The van der Waals surface area contributed by atoms with Gasteiger partial charge in [-0.1, -0.05) is 0 Å². The van der Waals surface area contributed by atoms with Crippen LogP contribution in [0.15, 0.2) is 4.79 Å². The first-order valence-corrected chi connectivity index (χ1v) is 3.19. The number of hydrogen-bond donors (Lipinski definition) is 3. The van der Waals surface area contributed by atoms with Gasteiger partial charge in [-0.3, -0.25) is 9.78 Å². The lowest BCUT2D eigenvalue weighted by Gasteiger charge is -2.01. The van der Waals surface area contributed by atoms with E-state index < -0.39 is 11.4 Å². The lowest BCUT2D eigenvalue weighted by molar-refractivity contribution is 0.449. The molecule has 1 rings (SSSR count). The highest BCUT2D eigenvalue weighted by Gasteiger charge is 2.10. The van der Waals surface area contributed by atoms with Gasteiger partial charge < -0.3 is 10.8 Å². The van der Waals surface area contributed by atoms with Crippen LogP contribution in [-0.2, 0) is 0 Å². The number of nitrogen functional groups attached to an aromatic ring is 1. The van der Waals surface area contributed by atoms with Crippen molar-refractivity contribution in [3.63, 3.8) is 0 Å². The van der Waals surface area contributed by atoms with Crippen LogP contribution in [-0.4, -0.2) is 10.1 Å². The van der Waals surface area contributed by atoms with E-state index in [9.17, 15) is 4.79 Å². The van der Waals surface area contributed by atoms with Crippen LogP contribution in [0.5, 0.6) is 5.88 Å². The third kappa shape index (κ3) is 0.992. The molecular formula is C7H7N3O2. The number of H-pyrrole nitrogens is 1. The molecule has 4 N–H and O–H groups in total. The third-order valence-corrected chi connectivity index (χ3v) is 1.60. The summed E-state index contributed by atoms with van der Waals surface area (Å²) in [5, 5.41) is 17.6. The minimum Gasteiger partial charge on any atom is -0.494 e. The van der Waals surface area contributed by atoms with Crippen molar-refractivity contribution >= 4 is 5.69 Å². The number of nitrogens with zero attached hydrogens (tertiary/aromatic N) is 1. The summed E-state index contributed by atoms with van der Waals surface area (Å²) >= 11 is 0. The van der Waals surface area contributed by atoms with Crippen LogP contribution in [0.25, 0.3) is 0 Å². The van der Waals surface area contributed by atoms with Crippen LogP contribution in [0.1, 0.15) is 11.1 Å². The molecule has 0 aromatic carbocycles. The van der Waals surface area contributed by atoms with Crippen molar-refractivity contribution in [2.75, 3.05) is 5.73 Å². The monoisotopic (exact) mass is 165 g/mol. The maximum Gasteiger partial charge on any atom is 0.274 e. The highest BCUT2D eigenvalue weighted by molar-refractivity contribution is 5.56. The number of nitrogens with two attached hydrogens (primary N) is 1. The lowest BCUT2D eigenvalue weighted by atomic mass is 10.1. The molecule has 0 radical (unpaired) electrons. The summed E-state index contributed by atoms with van der Waals surface area (Å²) in [5.74, 6) is -0.436. The van der Waals surface area contributed by atoms with Crippen molar-refractivity contribution in [3.8, 4) is 11.9 Å². The fourth-order valence-electron chi connectivity index (χ4n) is 0.857. The van der Waals surface area contributed by atoms with E-state index in [1.807, 2.05) is 0 Å². The molecule has 5 heteroatoms. The van der Waals surface area contributed by atoms with Gasteiger partial charge >= 0.3 is 0 Å². The quantitative estimate of drug-likeness (QED) is 0.497. The molecule has 1 aromatic rings. The van der Waals surface area contributed by atoms with E-state index in [4.69, 9.17) is 16.1 Å². The molecule has 0 aliphatic heterocycles. The zero-order valence-electron chi connectivity index (χ0n) is 6.38. The highest BCUT2D eigenvalue weighted by Crippen LogP contribution is 2.17. The Balaban J connectivity index is 3.66. The number of rotatable bonds is 0. The van der Waals surface area contributed by atoms with Crippen molar-refractivity contribution in [2.24, 2.45) is 0 Å². The van der Waals surface area contributed by atoms with Crippen molar-refractivity contribution in [3.05, 3.63) is 21.5 Å². The van der Waals surface area contributed by atoms with Gasteiger partial charge in [-0.25, -0.2) is 0 Å². The zero-order valence-corrected chi connectivity index (χ0v) is 6.38. The van der Waals surface area contributed by atoms with Crippen LogP contribution >= 0.6 is 0 Å². The van der Waals surface area contributed by atoms with Gasteiger partial charge in [0.25, 0.3) is 5.56 Å². The summed E-state index contributed by atoms with van der Waals surface area (Å²) in [5.41, 5.74) is 5.01. The molecule has 5 nitrogen and oxygen atoms in total. The number of aromatic hydroxyl groups is 1. The first-order valence-electron chi connectivity index (χ1n) is 3.19. The summed E-state index contributed by atoms with van der Waals surface area (Å²) in [6.45, 7) is 1.50. The van der Waals surface area contributed by atoms with E-state index in [-0.39, 0.29) is 11.3 Å². The first kappa shape index (κ1) is 8.14. The zero-order chi connectivity index (χ0) is 9.30. The summed E-state index contributed by atoms with van der Waals surface area (Å²) in [4.78, 5) is 12.9. The van der Waals surface area contributed by atoms with Gasteiger partial charge in [0.05, 0.1) is 0 Å². The van der Waals surface area contributed by atoms with Gasteiger partial charge in [0, 0.05) is 5.56 Å². The number of aromatic amines is 1. The number of pyridine rings is 1. The smallest absolute Gasteiger partial charge is 0.274 e. The molecule has 0 aliphatic rings. The summed E-state index contributed by atoms with van der Waals surface area (Å²) < 4.78 is 0. The topological polar surface area (TPSA) is 103 Å². The molecule has 0 saturated heterocycles. The normalized spacial score (nSPS) is 9.33. The fourth-order valence-corrected chi connectivity index (χ4v) is 0.857. The minimum absolute atomic E-state index is 0.00657. The Labute approximate surface area is 68.1 Å². The molecule has 0 saturated carbocycles. The van der Waals surface area contributed by atoms with Gasteiger partial charge in [0.15, 0.2) is 0 Å². The average Bonchev–Trinajstić information content (AvgIpc) is 2.01. The van der Waals surface area contributed by atoms with Crippen LogP contribution in [0.3, 0.4) is 0 Å². The molecule has 12 heavy (non-hydrogen) atoms. The Kier molecular flexibility index (Phi) is 1.75. The van der Waals surface area contributed by atoms with Crippen LogP contribution in [0.2, 0.25) is 0 Å². The van der Waals surface area contributed by atoms with E-state index >= 15 is 0 Å². The SMILES string of the molecule is Cc1c(C#N)c(O)[nH]c(=O)c1N. The van der Waals surface area contributed by atoms with E-state index in [0.717, 1.165) is 0 Å². The Bertz CT molecular complexity index is 414. The molecule has 0 atom stereocenters. The predicted molar refractivity (Wildman–Crippen MR) is 42.6 cm³/mol. The minimum atomic E-state index is -0.580. The largest absolute Gasteiger partial charge is 0.494 e. The highest BCUT2D eigenvalue weighted by atomic mass is 16.3. The maximum absolute atomic E-state index is 10.9. The Hall–Kier alpha value is -1.96. The van der Waals surface area contributed by atoms with Crippen LogP contribution < -0.4 is 11.3 Å². The predicted octanol–water partition coefficient (Wildman–Crippen LogP) is -0.157. The van der Waals surface area contributed by atoms with Crippen LogP contribution in [0, 0.1) is 18.3 Å². The van der Waals surface area contributed by atoms with Gasteiger partial charge in [-0.15, -0.1) is 0 Å². The van der Waals surface area contributed by atoms with Crippen molar-refractivity contribution in [1.82, 2.24) is 4.98 Å². The molecule has 62 valence electrons. The molecule has 0 amide bonds. The number of nitrogens with one attached hydrogen (secondary N) is 1. The molecule has 1 heterocycles. The van der Waals surface area contributed by atoms with Gasteiger partial charge in [-0.2, -0.15) is 5.26 Å². The van der Waals surface area contributed by atoms with Gasteiger partial charge in [0.1, 0.15) is 17.3 Å². The standard InChI is InChI=1S/C7H7N3O2/c1-3-4(2-8)6(11)10-7(12)5(3)9/h9H2,1H3,(H2,10,11,12). The molecule has 0 aliphatic carbocycles. The summed E-state index contributed by atoms with van der Waals surface area (Å²) in [7, 11) is 0. The van der Waals surface area contributed by atoms with Crippen molar-refractivity contribution in [1.29, 1.82) is 5.26 Å². The molecule has 1 aromatic heterocycles. The Morgan fingerprint density at radius 2 is 2.25 bits per heavy atom. The van der Waals surface area contributed by atoms with E-state index in [1.165, 1.54) is 6.92 Å². The van der Waals surface area contributed by atoms with E-state index in [2.05, 4.69) is 4.98 Å². The molecular weight excluding hydrogens is 158 g/mol. The summed E-state index contributed by atoms with van der Waals surface area (Å²) in [6, 6.07) is 1.73. The average molecular weight is 165 g/mol. The molecule has 0 spiro atoms. The number of nitriles is 1. The van der Waals surface area contributed by atoms with Crippen molar-refractivity contribution in [2.45, 2.75) is 6.92 Å². The van der Waals surface area contributed by atoms with Crippen LogP contribution in [0.4, 0.5) is 5.69 Å². The van der Waals surface area contributed by atoms with E-state index in [1.54, 1.807) is 6.07 Å². The van der Waals surface area contributed by atoms with Crippen molar-refractivity contribution < 1.29 is 5.11 Å². The fraction of sp³-hybridized carbons (Fsp3) is 0.143. The summed E-state index contributed by atoms with van der Waals surface area (Å²) in [6.07, 6.45) is 0. The third-order valence-electron chi connectivity index (χ3n) is 1.60. The Morgan fingerprint density at radius 3 is 2.75 bits per heavy atom. The second-order valence-corrected chi connectivity index (χ2v) is 2.33. The lowest BCUT2D eigenvalue weighted by Crippen LogP contribution is -2.14. The van der Waals surface area contributed by atoms with E-state index in [0.29, 0.717) is 5.56 Å². The molecule has 0 unspecified atom stereocenters. The second-order valence-electron chi connectivity index (χ2n) is 2.33. The molecule has 0 bridgehead atoms. The molecule has 0 fully saturated rings. The van der Waals surface area contributed by atoms with Gasteiger partial charge in [0.2, 0.25) is 5.88 Å². The number of hydrogen-bond acceptors (Lipinski definition) is 4. The first-order chi connectivity index (χ1) is 5.57. The number of anilines is 1. The maximum atomic E-state index is 10.9. The van der Waals surface area contributed by atoms with Gasteiger partial charge in [-0.05, 0) is 6.92 Å².